The Kier molecular flexibility index (Phi) is 2.30. The lowest BCUT2D eigenvalue weighted by Crippen LogP contribution is -2.26. The van der Waals surface area contributed by atoms with Crippen LogP contribution < -0.4 is 5.32 Å². The minimum Gasteiger partial charge on any atom is -0.369 e. The van der Waals surface area contributed by atoms with Crippen LogP contribution in [-0.2, 0) is 0 Å². The van der Waals surface area contributed by atoms with Gasteiger partial charge >= 0.3 is 0 Å². The van der Waals surface area contributed by atoms with E-state index in [2.05, 4.69) is 23.7 Å². The number of aromatic amines is 1. The van der Waals surface area contributed by atoms with E-state index in [1.54, 1.807) is 0 Å². The van der Waals surface area contributed by atoms with Crippen LogP contribution >= 0.6 is 0 Å². The summed E-state index contributed by atoms with van der Waals surface area (Å²) in [5.74, 6) is 0. The zero-order valence-electron chi connectivity index (χ0n) is 6.02. The molecular weight excluding hydrogens is 142 g/mol. The topological polar surface area (TPSA) is 15.8 Å². The summed E-state index contributed by atoms with van der Waals surface area (Å²) in [6.07, 6.45) is 2.02. The van der Waals surface area contributed by atoms with E-state index in [-0.39, 0.29) is 0 Å². The summed E-state index contributed by atoms with van der Waals surface area (Å²) in [6.45, 7) is 2.40. The fourth-order valence-electron chi connectivity index (χ4n) is 0.871. The number of rotatable bonds is 2. The Morgan fingerprint density at radius 3 is 3.00 bits per heavy atom. The quantitative estimate of drug-likeness (QED) is 0.549. The maximum atomic E-state index is 3.27. The smallest absolute Gasteiger partial charge is 0.0850 e. The third-order valence-electron chi connectivity index (χ3n) is 1.77. The van der Waals surface area contributed by atoms with Gasteiger partial charge in [-0.3, -0.25) is 0 Å². The molecule has 1 aromatic heterocycles. The zero-order valence-corrected chi connectivity index (χ0v) is 9.17. The molecule has 0 aliphatic carbocycles. The van der Waals surface area contributed by atoms with Crippen molar-refractivity contribution >= 4 is 24.4 Å². The van der Waals surface area contributed by atoms with Gasteiger partial charge in [-0.05, 0) is 17.4 Å². The Hall–Kier alpha value is -0.286. The average Bonchev–Trinajstić information content (AvgIpc) is 2.37. The summed E-state index contributed by atoms with van der Waals surface area (Å²) in [5, 5.41) is 1.52. The summed E-state index contributed by atoms with van der Waals surface area (Å²) < 4.78 is 0. The maximum absolute atomic E-state index is 3.27. The number of hydrogen-bond donors (Lipinski definition) is 1. The Morgan fingerprint density at radius 2 is 2.56 bits per heavy atom. The highest BCUT2D eigenvalue weighted by Gasteiger charge is 2.02. The number of H-pyrrole nitrogens is 1. The third-order valence-corrected chi connectivity index (χ3v) is 8.09. The summed E-state index contributed by atoms with van der Waals surface area (Å²) in [5.41, 5.74) is 1.49. The van der Waals surface area contributed by atoms with Gasteiger partial charge in [0.05, 0.1) is 8.80 Å². The Labute approximate surface area is 60.5 Å². The molecule has 0 saturated heterocycles. The fourth-order valence-corrected chi connectivity index (χ4v) is 3.45. The van der Waals surface area contributed by atoms with Gasteiger partial charge in [0, 0.05) is 16.4 Å². The average molecular weight is 155 g/mol. The lowest BCUT2D eigenvalue weighted by molar-refractivity contribution is 1.45. The summed E-state index contributed by atoms with van der Waals surface area (Å²) in [4.78, 5) is 3.27. The van der Waals surface area contributed by atoms with Crippen LogP contribution in [-0.4, -0.2) is 24.0 Å². The van der Waals surface area contributed by atoms with Crippen molar-refractivity contribution in [3.8, 4) is 0 Å². The van der Waals surface area contributed by atoms with E-state index >= 15 is 0 Å². The molecule has 50 valence electrons. The second-order valence-corrected chi connectivity index (χ2v) is 8.12. The van der Waals surface area contributed by atoms with Crippen LogP contribution in [0.2, 0.25) is 12.2 Å². The largest absolute Gasteiger partial charge is 0.369 e. The summed E-state index contributed by atoms with van der Waals surface area (Å²) in [6, 6.07) is 4.31. The normalized spacial score (nSPS) is 13.9. The monoisotopic (exact) mass is 155 g/mol. The van der Waals surface area contributed by atoms with Crippen LogP contribution in [0.5, 0.6) is 0 Å². The lowest BCUT2D eigenvalue weighted by Gasteiger charge is -2.01. The van der Waals surface area contributed by atoms with Crippen molar-refractivity contribution in [2.24, 2.45) is 0 Å². The van der Waals surface area contributed by atoms with Gasteiger partial charge < -0.3 is 4.98 Å². The molecule has 3 heteroatoms. The van der Waals surface area contributed by atoms with E-state index in [1.165, 1.54) is 21.2 Å². The Balaban J connectivity index is 2.65. The second kappa shape index (κ2) is 3.03. The van der Waals surface area contributed by atoms with Gasteiger partial charge in [0.25, 0.3) is 0 Å². The molecule has 0 saturated carbocycles. The SMILES string of the molecule is C[SiH](C[SiH3])c1ccc[nH]1. The third kappa shape index (κ3) is 1.56. The minimum atomic E-state index is -0.485. The van der Waals surface area contributed by atoms with Crippen LogP contribution in [0.25, 0.3) is 0 Å². The van der Waals surface area contributed by atoms with Crippen LogP contribution in [0, 0.1) is 0 Å². The van der Waals surface area contributed by atoms with Gasteiger partial charge in [-0.25, -0.2) is 0 Å². The zero-order chi connectivity index (χ0) is 6.69. The molecular formula is C6H13NSi2. The second-order valence-electron chi connectivity index (χ2n) is 2.43. The van der Waals surface area contributed by atoms with Gasteiger partial charge in [0.15, 0.2) is 0 Å². The highest BCUT2D eigenvalue weighted by Crippen LogP contribution is 1.87. The van der Waals surface area contributed by atoms with E-state index in [9.17, 15) is 0 Å². The Bertz CT molecular complexity index is 160. The first kappa shape index (κ1) is 6.83. The molecule has 0 aliphatic rings. The van der Waals surface area contributed by atoms with Crippen molar-refractivity contribution < 1.29 is 0 Å². The molecule has 0 amide bonds. The van der Waals surface area contributed by atoms with Crippen molar-refractivity contribution in [2.75, 3.05) is 0 Å². The van der Waals surface area contributed by atoms with Gasteiger partial charge in [-0.2, -0.15) is 0 Å². The number of aromatic nitrogens is 1. The van der Waals surface area contributed by atoms with Crippen molar-refractivity contribution in [1.29, 1.82) is 0 Å². The molecule has 0 fully saturated rings. The number of nitrogens with one attached hydrogen (secondary N) is 1. The van der Waals surface area contributed by atoms with Crippen molar-refractivity contribution in [3.63, 3.8) is 0 Å². The molecule has 1 N–H and O–H groups in total. The molecule has 1 atom stereocenters. The summed E-state index contributed by atoms with van der Waals surface area (Å²) >= 11 is 0. The lowest BCUT2D eigenvalue weighted by atomic mass is 10.7. The summed E-state index contributed by atoms with van der Waals surface area (Å²) in [7, 11) is 0.876. The predicted octanol–water partition coefficient (Wildman–Crippen LogP) is -0.599. The first-order valence-corrected chi connectivity index (χ1v) is 7.44. The molecule has 1 nitrogen and oxygen atoms in total. The van der Waals surface area contributed by atoms with Gasteiger partial charge in [0.1, 0.15) is 0 Å². The molecule has 1 unspecified atom stereocenters. The van der Waals surface area contributed by atoms with Crippen LogP contribution in [0.3, 0.4) is 0 Å². The molecule has 0 aliphatic heterocycles. The molecule has 0 bridgehead atoms. The van der Waals surface area contributed by atoms with Crippen molar-refractivity contribution in [2.45, 2.75) is 12.2 Å². The van der Waals surface area contributed by atoms with Crippen molar-refractivity contribution in [3.05, 3.63) is 18.3 Å². The number of hydrogen-bond acceptors (Lipinski definition) is 0. The van der Waals surface area contributed by atoms with E-state index < -0.39 is 8.80 Å². The predicted molar refractivity (Wildman–Crippen MR) is 48.2 cm³/mol. The first-order valence-electron chi connectivity index (χ1n) is 3.48. The molecule has 1 rings (SSSR count). The van der Waals surface area contributed by atoms with Crippen LogP contribution in [0.4, 0.5) is 0 Å². The van der Waals surface area contributed by atoms with Gasteiger partial charge in [-0.1, -0.05) is 12.2 Å². The highest BCUT2D eigenvalue weighted by atomic mass is 28.3. The van der Waals surface area contributed by atoms with Crippen LogP contribution in [0.15, 0.2) is 18.3 Å². The van der Waals surface area contributed by atoms with E-state index in [0.717, 1.165) is 0 Å². The first-order chi connectivity index (χ1) is 4.34. The Morgan fingerprint density at radius 1 is 1.78 bits per heavy atom. The van der Waals surface area contributed by atoms with E-state index in [4.69, 9.17) is 0 Å². The molecule has 0 aromatic carbocycles. The van der Waals surface area contributed by atoms with Crippen LogP contribution in [0.1, 0.15) is 0 Å². The van der Waals surface area contributed by atoms with Gasteiger partial charge in [-0.15, -0.1) is 0 Å². The molecule has 1 aromatic rings. The van der Waals surface area contributed by atoms with E-state index in [1.807, 2.05) is 6.20 Å². The maximum Gasteiger partial charge on any atom is 0.0850 e. The minimum absolute atomic E-state index is 0.485. The van der Waals surface area contributed by atoms with E-state index in [0.29, 0.717) is 0 Å². The van der Waals surface area contributed by atoms with Gasteiger partial charge in [0.2, 0.25) is 0 Å². The molecule has 0 spiro atoms. The fraction of sp³-hybridized carbons (Fsp3) is 0.333. The van der Waals surface area contributed by atoms with Crippen molar-refractivity contribution in [1.82, 2.24) is 4.98 Å². The highest BCUT2D eigenvalue weighted by molar-refractivity contribution is 6.76. The molecule has 9 heavy (non-hydrogen) atoms. The standard InChI is InChI=1S/C6H13NSi2/c1-9(5-8)6-3-2-4-7-6/h2-4,7,9H,5H2,1,8H3. The molecule has 1 heterocycles. The molecule has 0 radical (unpaired) electrons.